The normalized spacial score (nSPS) is 10.4. The first-order valence-electron chi connectivity index (χ1n) is 8.36. The van der Waals surface area contributed by atoms with Gasteiger partial charge in [-0.05, 0) is 42.1 Å². The van der Waals surface area contributed by atoms with Gasteiger partial charge >= 0.3 is 11.8 Å². The molecule has 0 fully saturated rings. The molecular weight excluding hydrogens is 414 g/mol. The highest BCUT2D eigenvalue weighted by Gasteiger charge is 2.17. The van der Waals surface area contributed by atoms with Crippen LogP contribution in [0.3, 0.4) is 0 Å². The highest BCUT2D eigenvalue weighted by atomic mass is 32.1. The number of aryl methyl sites for hydroxylation is 1. The van der Waals surface area contributed by atoms with Crippen molar-refractivity contribution in [2.75, 3.05) is 5.32 Å². The largest absolute Gasteiger partial charge is 0.343 e. The van der Waals surface area contributed by atoms with Crippen LogP contribution < -0.4 is 10.6 Å². The minimum Gasteiger partial charge on any atom is -0.343 e. The molecule has 0 radical (unpaired) electrons. The number of nitrogens with zero attached hydrogens (tertiary/aromatic N) is 1. The van der Waals surface area contributed by atoms with E-state index in [2.05, 4.69) is 10.6 Å². The number of nitro benzene ring substituents is 1. The number of nitrogens with one attached hydrogen (secondary N) is 2. The maximum absolute atomic E-state index is 12.3. The van der Waals surface area contributed by atoms with E-state index in [1.807, 2.05) is 5.38 Å². The fourth-order valence-corrected chi connectivity index (χ4v) is 4.10. The summed E-state index contributed by atoms with van der Waals surface area (Å²) in [6.45, 7) is 1.70. The number of amides is 2. The van der Waals surface area contributed by atoms with Gasteiger partial charge in [0, 0.05) is 22.7 Å². The van der Waals surface area contributed by atoms with Gasteiger partial charge in [0.05, 0.1) is 21.2 Å². The highest BCUT2D eigenvalue weighted by molar-refractivity contribution is 7.16. The van der Waals surface area contributed by atoms with Gasteiger partial charge in [0.25, 0.3) is 5.69 Å². The van der Waals surface area contributed by atoms with Crippen LogP contribution in [-0.4, -0.2) is 22.5 Å². The summed E-state index contributed by atoms with van der Waals surface area (Å²) in [6, 6.07) is 10.9. The highest BCUT2D eigenvalue weighted by Crippen LogP contribution is 2.23. The summed E-state index contributed by atoms with van der Waals surface area (Å²) in [4.78, 5) is 48.6. The monoisotopic (exact) mass is 429 g/mol. The molecule has 0 unspecified atom stereocenters. The number of benzene rings is 1. The van der Waals surface area contributed by atoms with Gasteiger partial charge < -0.3 is 10.6 Å². The van der Waals surface area contributed by atoms with Crippen LogP contribution in [0.4, 0.5) is 11.4 Å². The van der Waals surface area contributed by atoms with Crippen molar-refractivity contribution < 1.29 is 19.3 Å². The van der Waals surface area contributed by atoms with Gasteiger partial charge in [-0.2, -0.15) is 0 Å². The number of hydrogen-bond acceptors (Lipinski definition) is 7. The second-order valence-corrected chi connectivity index (χ2v) is 8.08. The summed E-state index contributed by atoms with van der Waals surface area (Å²) in [5, 5.41) is 17.5. The number of hydrogen-bond donors (Lipinski definition) is 2. The number of anilines is 1. The molecule has 0 aliphatic rings. The quantitative estimate of drug-likeness (QED) is 0.269. The van der Waals surface area contributed by atoms with E-state index in [-0.39, 0.29) is 18.0 Å². The van der Waals surface area contributed by atoms with E-state index in [1.165, 1.54) is 40.9 Å². The third-order valence-corrected chi connectivity index (χ3v) is 5.88. The van der Waals surface area contributed by atoms with Crippen molar-refractivity contribution in [3.8, 4) is 0 Å². The van der Waals surface area contributed by atoms with Crippen molar-refractivity contribution in [1.29, 1.82) is 0 Å². The number of carbonyl (C=O) groups is 3. The van der Waals surface area contributed by atoms with Crippen molar-refractivity contribution in [3.05, 3.63) is 78.2 Å². The molecule has 2 aromatic heterocycles. The summed E-state index contributed by atoms with van der Waals surface area (Å²) in [6.07, 6.45) is 0. The number of rotatable bonds is 6. The lowest BCUT2D eigenvalue weighted by molar-refractivity contribution is -0.384. The maximum atomic E-state index is 12.3. The zero-order valence-electron chi connectivity index (χ0n) is 15.1. The molecule has 2 heterocycles. The maximum Gasteiger partial charge on any atom is 0.313 e. The van der Waals surface area contributed by atoms with Crippen molar-refractivity contribution in [2.24, 2.45) is 0 Å². The number of thiophene rings is 2. The fourth-order valence-electron chi connectivity index (χ4n) is 2.45. The Hall–Kier alpha value is -3.37. The van der Waals surface area contributed by atoms with Gasteiger partial charge in [0.15, 0.2) is 0 Å². The molecular formula is C19H15N3O5S2. The van der Waals surface area contributed by atoms with Crippen LogP contribution in [0.25, 0.3) is 0 Å². The lowest BCUT2D eigenvalue weighted by Gasteiger charge is -2.08. The molecule has 0 spiro atoms. The first kappa shape index (κ1) is 20.4. The summed E-state index contributed by atoms with van der Waals surface area (Å²) >= 11 is 2.61. The Kier molecular flexibility index (Phi) is 6.15. The van der Waals surface area contributed by atoms with Gasteiger partial charge in [0.2, 0.25) is 5.78 Å². The smallest absolute Gasteiger partial charge is 0.313 e. The van der Waals surface area contributed by atoms with Crippen LogP contribution in [0.5, 0.6) is 0 Å². The fraction of sp³-hybridized carbons (Fsp3) is 0.105. The lowest BCUT2D eigenvalue weighted by atomic mass is 10.2. The van der Waals surface area contributed by atoms with E-state index in [0.717, 1.165) is 4.88 Å². The summed E-state index contributed by atoms with van der Waals surface area (Å²) < 4.78 is 0. The van der Waals surface area contributed by atoms with E-state index in [9.17, 15) is 24.5 Å². The SMILES string of the molecule is Cc1cc([N+](=O)[O-])ccc1NC(=O)C(=O)NCc1ccc(C(=O)c2cccs2)s1. The van der Waals surface area contributed by atoms with Crippen LogP contribution >= 0.6 is 22.7 Å². The van der Waals surface area contributed by atoms with Crippen LogP contribution in [0, 0.1) is 17.0 Å². The van der Waals surface area contributed by atoms with Gasteiger partial charge in [-0.1, -0.05) is 6.07 Å². The van der Waals surface area contributed by atoms with Crippen molar-refractivity contribution in [2.45, 2.75) is 13.5 Å². The number of non-ortho nitro benzene ring substituents is 1. The van der Waals surface area contributed by atoms with E-state index >= 15 is 0 Å². The summed E-state index contributed by atoms with van der Waals surface area (Å²) in [7, 11) is 0. The Morgan fingerprint density at radius 3 is 2.52 bits per heavy atom. The Balaban J connectivity index is 1.56. The number of nitro groups is 1. The summed E-state index contributed by atoms with van der Waals surface area (Å²) in [5.74, 6) is -1.80. The molecule has 148 valence electrons. The second kappa shape index (κ2) is 8.76. The van der Waals surface area contributed by atoms with E-state index < -0.39 is 16.7 Å². The van der Waals surface area contributed by atoms with Crippen LogP contribution in [-0.2, 0) is 16.1 Å². The molecule has 2 N–H and O–H groups in total. The molecule has 2 amide bonds. The average molecular weight is 429 g/mol. The zero-order chi connectivity index (χ0) is 21.0. The first-order valence-corrected chi connectivity index (χ1v) is 10.1. The van der Waals surface area contributed by atoms with Gasteiger partial charge in [0.1, 0.15) is 0 Å². The topological polar surface area (TPSA) is 118 Å². The van der Waals surface area contributed by atoms with E-state index in [0.29, 0.717) is 21.0 Å². The predicted octanol–water partition coefficient (Wildman–Crippen LogP) is 3.51. The average Bonchev–Trinajstić information content (AvgIpc) is 3.39. The molecule has 0 saturated heterocycles. The molecule has 0 bridgehead atoms. The molecule has 0 aliphatic carbocycles. The van der Waals surface area contributed by atoms with E-state index in [4.69, 9.17) is 0 Å². The second-order valence-electron chi connectivity index (χ2n) is 5.97. The van der Waals surface area contributed by atoms with Crippen molar-refractivity contribution >= 4 is 51.6 Å². The third kappa shape index (κ3) is 4.92. The molecule has 0 atom stereocenters. The minimum atomic E-state index is -0.881. The molecule has 3 rings (SSSR count). The molecule has 0 saturated carbocycles. The minimum absolute atomic E-state index is 0.0750. The Bertz CT molecular complexity index is 1090. The van der Waals surface area contributed by atoms with Gasteiger partial charge in [-0.25, -0.2) is 0 Å². The summed E-state index contributed by atoms with van der Waals surface area (Å²) in [5.41, 5.74) is 0.682. The van der Waals surface area contributed by atoms with Gasteiger partial charge in [-0.3, -0.25) is 24.5 Å². The third-order valence-electron chi connectivity index (χ3n) is 3.93. The molecule has 10 heteroatoms. The van der Waals surface area contributed by atoms with Crippen LogP contribution in [0.2, 0.25) is 0 Å². The molecule has 3 aromatic rings. The van der Waals surface area contributed by atoms with Crippen LogP contribution in [0.1, 0.15) is 25.0 Å². The first-order chi connectivity index (χ1) is 13.8. The van der Waals surface area contributed by atoms with Crippen LogP contribution in [0.15, 0.2) is 47.8 Å². The standard InChI is InChI=1S/C19H15N3O5S2/c1-11-9-12(22(26)27)4-6-14(11)21-19(25)18(24)20-10-13-5-7-16(29-13)17(23)15-3-2-8-28-15/h2-9H,10H2,1H3,(H,20,24)(H,21,25). The number of carbonyl (C=O) groups excluding carboxylic acids is 3. The zero-order valence-corrected chi connectivity index (χ0v) is 16.8. The van der Waals surface area contributed by atoms with Gasteiger partial charge in [-0.15, -0.1) is 22.7 Å². The molecule has 1 aromatic carbocycles. The lowest BCUT2D eigenvalue weighted by Crippen LogP contribution is -2.34. The molecule has 8 nitrogen and oxygen atoms in total. The Morgan fingerprint density at radius 2 is 1.86 bits per heavy atom. The Morgan fingerprint density at radius 1 is 1.07 bits per heavy atom. The number of ketones is 1. The van der Waals surface area contributed by atoms with Crippen molar-refractivity contribution in [1.82, 2.24) is 5.32 Å². The molecule has 0 aliphatic heterocycles. The predicted molar refractivity (Wildman–Crippen MR) is 110 cm³/mol. The Labute approximate surface area is 173 Å². The van der Waals surface area contributed by atoms with E-state index in [1.54, 1.807) is 31.2 Å². The van der Waals surface area contributed by atoms with Crippen molar-refractivity contribution in [3.63, 3.8) is 0 Å². The molecule has 29 heavy (non-hydrogen) atoms.